The van der Waals surface area contributed by atoms with Crippen molar-refractivity contribution in [1.29, 1.82) is 0 Å². The zero-order valence-electron chi connectivity index (χ0n) is 8.23. The molecule has 7 heteroatoms. The van der Waals surface area contributed by atoms with Gasteiger partial charge in [-0.15, -0.1) is 10.2 Å². The third-order valence-electron chi connectivity index (χ3n) is 2.12. The van der Waals surface area contributed by atoms with E-state index in [1.165, 1.54) is 17.2 Å². The summed E-state index contributed by atoms with van der Waals surface area (Å²) in [6.45, 7) is 3.52. The summed E-state index contributed by atoms with van der Waals surface area (Å²) in [6.07, 6.45) is 2.61. The Morgan fingerprint density at radius 1 is 1.57 bits per heavy atom. The average Bonchev–Trinajstić information content (AvgIpc) is 2.33. The number of hydrogen-bond acceptors (Lipinski definition) is 4. The van der Waals surface area contributed by atoms with E-state index in [1.54, 1.807) is 13.8 Å². The van der Waals surface area contributed by atoms with Crippen molar-refractivity contribution < 1.29 is 8.42 Å². The van der Waals surface area contributed by atoms with E-state index in [9.17, 15) is 8.42 Å². The van der Waals surface area contributed by atoms with Crippen LogP contribution in [0.15, 0.2) is 6.33 Å². The van der Waals surface area contributed by atoms with Gasteiger partial charge in [-0.2, -0.15) is 0 Å². The Morgan fingerprint density at radius 2 is 2.14 bits per heavy atom. The smallest absolute Gasteiger partial charge is 0.224 e. The lowest BCUT2D eigenvalue weighted by Crippen LogP contribution is -2.35. The predicted molar refractivity (Wildman–Crippen MR) is 54.0 cm³/mol. The molecular formula is C7H12ClN3O2S. The number of hydrogen-bond donors (Lipinski definition) is 0. The first-order valence-corrected chi connectivity index (χ1v) is 6.24. The second-order valence-corrected chi connectivity index (χ2v) is 6.75. The van der Waals surface area contributed by atoms with Crippen molar-refractivity contribution in [3.05, 3.63) is 11.6 Å². The van der Waals surface area contributed by atoms with Gasteiger partial charge in [0.2, 0.25) is 5.28 Å². The second kappa shape index (κ2) is 3.51. The molecule has 0 N–H and O–H groups in total. The van der Waals surface area contributed by atoms with Crippen LogP contribution in [-0.2, 0) is 16.4 Å². The van der Waals surface area contributed by atoms with Crippen molar-refractivity contribution in [2.45, 2.75) is 25.1 Å². The molecule has 0 saturated heterocycles. The van der Waals surface area contributed by atoms with Gasteiger partial charge in [-0.05, 0) is 25.4 Å². The molecule has 0 aliphatic carbocycles. The number of sulfone groups is 1. The monoisotopic (exact) mass is 237 g/mol. The van der Waals surface area contributed by atoms with Crippen LogP contribution >= 0.6 is 11.6 Å². The molecular weight excluding hydrogens is 226 g/mol. The molecule has 0 radical (unpaired) electrons. The Kier molecular flexibility index (Phi) is 2.87. The third kappa shape index (κ3) is 2.24. The van der Waals surface area contributed by atoms with Gasteiger partial charge in [0.15, 0.2) is 9.84 Å². The molecule has 14 heavy (non-hydrogen) atoms. The van der Waals surface area contributed by atoms with Crippen LogP contribution in [0.5, 0.6) is 0 Å². The molecule has 1 rings (SSSR count). The van der Waals surface area contributed by atoms with E-state index in [4.69, 9.17) is 11.6 Å². The van der Waals surface area contributed by atoms with Crippen molar-refractivity contribution in [2.24, 2.45) is 0 Å². The molecule has 1 aromatic heterocycles. The van der Waals surface area contributed by atoms with Crippen LogP contribution < -0.4 is 0 Å². The lowest BCUT2D eigenvalue weighted by molar-refractivity contribution is 0.502. The predicted octanol–water partition coefficient (Wildman–Crippen LogP) is 0.755. The van der Waals surface area contributed by atoms with Gasteiger partial charge < -0.3 is 4.57 Å². The average molecular weight is 238 g/mol. The van der Waals surface area contributed by atoms with E-state index in [0.29, 0.717) is 0 Å². The second-order valence-electron chi connectivity index (χ2n) is 3.76. The van der Waals surface area contributed by atoms with Gasteiger partial charge >= 0.3 is 0 Å². The quantitative estimate of drug-likeness (QED) is 0.779. The van der Waals surface area contributed by atoms with E-state index in [0.717, 1.165) is 0 Å². The highest BCUT2D eigenvalue weighted by molar-refractivity contribution is 7.92. The van der Waals surface area contributed by atoms with E-state index in [2.05, 4.69) is 10.2 Å². The van der Waals surface area contributed by atoms with E-state index in [-0.39, 0.29) is 11.8 Å². The topological polar surface area (TPSA) is 64.8 Å². The normalized spacial score (nSPS) is 13.1. The molecule has 0 bridgehead atoms. The fraction of sp³-hybridized carbons (Fsp3) is 0.714. The first-order chi connectivity index (χ1) is 6.24. The van der Waals surface area contributed by atoms with Crippen LogP contribution in [0, 0.1) is 0 Å². The van der Waals surface area contributed by atoms with E-state index in [1.807, 2.05) is 0 Å². The highest BCUT2D eigenvalue weighted by atomic mass is 35.5. The van der Waals surface area contributed by atoms with E-state index < -0.39 is 14.6 Å². The van der Waals surface area contributed by atoms with Gasteiger partial charge in [-0.3, -0.25) is 0 Å². The van der Waals surface area contributed by atoms with Gasteiger partial charge in [0, 0.05) is 12.8 Å². The number of rotatable bonds is 3. The fourth-order valence-corrected chi connectivity index (χ4v) is 1.40. The molecule has 0 fully saturated rings. The zero-order valence-corrected chi connectivity index (χ0v) is 9.80. The maximum absolute atomic E-state index is 11.4. The first kappa shape index (κ1) is 11.5. The molecule has 1 heterocycles. The molecule has 0 aromatic carbocycles. The van der Waals surface area contributed by atoms with Crippen LogP contribution in [0.1, 0.15) is 13.8 Å². The van der Waals surface area contributed by atoms with Crippen LogP contribution in [-0.4, -0.2) is 34.2 Å². The summed E-state index contributed by atoms with van der Waals surface area (Å²) in [6, 6.07) is 0. The fourth-order valence-electron chi connectivity index (χ4n) is 0.874. The molecule has 80 valence electrons. The summed E-state index contributed by atoms with van der Waals surface area (Å²) in [5.41, 5.74) is 0. The molecule has 0 aliphatic heterocycles. The van der Waals surface area contributed by atoms with Crippen molar-refractivity contribution in [3.63, 3.8) is 0 Å². The lowest BCUT2D eigenvalue weighted by atomic mass is 10.2. The largest absolute Gasteiger partial charge is 0.303 e. The minimum Gasteiger partial charge on any atom is -0.303 e. The molecule has 0 saturated carbocycles. The van der Waals surface area contributed by atoms with Gasteiger partial charge in [0.25, 0.3) is 0 Å². The van der Waals surface area contributed by atoms with Crippen molar-refractivity contribution in [2.75, 3.05) is 6.26 Å². The third-order valence-corrected chi connectivity index (χ3v) is 4.55. The minimum atomic E-state index is -3.13. The highest BCUT2D eigenvalue weighted by Gasteiger charge is 2.31. The molecule has 1 aromatic rings. The molecule has 5 nitrogen and oxygen atoms in total. The Hall–Kier alpha value is -0.620. The van der Waals surface area contributed by atoms with Crippen molar-refractivity contribution in [3.8, 4) is 0 Å². The lowest BCUT2D eigenvalue weighted by Gasteiger charge is -2.22. The van der Waals surface area contributed by atoms with Crippen LogP contribution in [0.2, 0.25) is 5.28 Å². The Morgan fingerprint density at radius 3 is 2.50 bits per heavy atom. The molecule has 0 amide bonds. The minimum absolute atomic E-state index is 0.196. The maximum Gasteiger partial charge on any atom is 0.224 e. The SMILES string of the molecule is CC(C)(Cn1cnnc1Cl)S(C)(=O)=O. The number of aromatic nitrogens is 3. The number of nitrogens with zero attached hydrogens (tertiary/aromatic N) is 3. The summed E-state index contributed by atoms with van der Waals surface area (Å²) < 4.78 is 23.4. The summed E-state index contributed by atoms with van der Waals surface area (Å²) >= 11 is 5.69. The summed E-state index contributed by atoms with van der Waals surface area (Å²) in [5, 5.41) is 7.34. The number of halogens is 1. The zero-order chi connectivity index (χ0) is 11.0. The Bertz CT molecular complexity index is 424. The molecule has 0 aliphatic rings. The van der Waals surface area contributed by atoms with Gasteiger partial charge in [0.1, 0.15) is 6.33 Å². The standard InChI is InChI=1S/C7H12ClN3O2S/c1-7(2,14(3,12)13)4-11-5-9-10-6(11)8/h5H,4H2,1-3H3. The van der Waals surface area contributed by atoms with E-state index >= 15 is 0 Å². The molecule has 0 atom stereocenters. The first-order valence-electron chi connectivity index (χ1n) is 3.97. The van der Waals surface area contributed by atoms with Crippen molar-refractivity contribution >= 4 is 21.4 Å². The van der Waals surface area contributed by atoms with Crippen LogP contribution in [0.3, 0.4) is 0 Å². The van der Waals surface area contributed by atoms with Crippen molar-refractivity contribution in [1.82, 2.24) is 14.8 Å². The summed E-state index contributed by atoms with van der Waals surface area (Å²) in [5.74, 6) is 0. The Balaban J connectivity index is 2.95. The highest BCUT2D eigenvalue weighted by Crippen LogP contribution is 2.19. The maximum atomic E-state index is 11.4. The van der Waals surface area contributed by atoms with Gasteiger partial charge in [0.05, 0.1) is 4.75 Å². The molecule has 0 unspecified atom stereocenters. The van der Waals surface area contributed by atoms with Gasteiger partial charge in [-0.1, -0.05) is 0 Å². The summed E-state index contributed by atoms with van der Waals surface area (Å²) in [7, 11) is -3.13. The van der Waals surface area contributed by atoms with Crippen LogP contribution in [0.4, 0.5) is 0 Å². The Labute approximate surface area is 88.0 Å². The molecule has 0 spiro atoms. The van der Waals surface area contributed by atoms with Gasteiger partial charge in [-0.25, -0.2) is 8.42 Å². The summed E-state index contributed by atoms with van der Waals surface area (Å²) in [4.78, 5) is 0. The van der Waals surface area contributed by atoms with Crippen LogP contribution in [0.25, 0.3) is 0 Å².